The first kappa shape index (κ1) is 13.3. The third-order valence-electron chi connectivity index (χ3n) is 3.07. The maximum absolute atomic E-state index is 5.80. The molecule has 0 bridgehead atoms. The van der Waals surface area contributed by atoms with Crippen LogP contribution in [0.2, 0.25) is 0 Å². The molecule has 16 heavy (non-hydrogen) atoms. The van der Waals surface area contributed by atoms with Crippen molar-refractivity contribution in [2.24, 2.45) is 16.6 Å². The van der Waals surface area contributed by atoms with Crippen LogP contribution in [-0.2, 0) is 0 Å². The lowest BCUT2D eigenvalue weighted by Crippen LogP contribution is -2.46. The number of nitrogens with zero attached hydrogens (tertiary/aromatic N) is 2. The molecule has 1 rings (SSSR count). The summed E-state index contributed by atoms with van der Waals surface area (Å²) in [5.74, 6) is 1.16. The minimum atomic E-state index is 0.567. The van der Waals surface area contributed by atoms with E-state index in [4.69, 9.17) is 5.73 Å². The fraction of sp³-hybridized carbons (Fsp3) is 0.917. The molecular formula is C12H26N4. The molecule has 0 aromatic rings. The molecule has 0 amide bonds. The molecule has 3 N–H and O–H groups in total. The van der Waals surface area contributed by atoms with Crippen molar-refractivity contribution in [3.63, 3.8) is 0 Å². The molecule has 0 aromatic heterocycles. The normalized spacial score (nSPS) is 23.8. The molecule has 94 valence electrons. The smallest absolute Gasteiger partial charge is 0.188 e. The van der Waals surface area contributed by atoms with Gasteiger partial charge < -0.3 is 16.0 Å². The van der Waals surface area contributed by atoms with Gasteiger partial charge in [0.15, 0.2) is 5.96 Å². The minimum absolute atomic E-state index is 0.567. The van der Waals surface area contributed by atoms with Crippen LogP contribution in [0.5, 0.6) is 0 Å². The Bertz CT molecular complexity index is 225. The summed E-state index contributed by atoms with van der Waals surface area (Å²) in [5, 5.41) is 3.22. The van der Waals surface area contributed by atoms with Crippen molar-refractivity contribution >= 4 is 5.96 Å². The van der Waals surface area contributed by atoms with Crippen molar-refractivity contribution in [3.8, 4) is 0 Å². The van der Waals surface area contributed by atoms with E-state index >= 15 is 0 Å². The molecule has 0 spiro atoms. The van der Waals surface area contributed by atoms with E-state index in [1.807, 2.05) is 0 Å². The summed E-state index contributed by atoms with van der Waals surface area (Å²) < 4.78 is 0. The van der Waals surface area contributed by atoms with Gasteiger partial charge in [0, 0.05) is 19.1 Å². The summed E-state index contributed by atoms with van der Waals surface area (Å²) in [4.78, 5) is 6.71. The van der Waals surface area contributed by atoms with Gasteiger partial charge in [0.1, 0.15) is 0 Å². The van der Waals surface area contributed by atoms with Crippen LogP contribution in [0.25, 0.3) is 0 Å². The molecule has 1 unspecified atom stereocenters. The molecule has 1 saturated heterocycles. The van der Waals surface area contributed by atoms with Crippen LogP contribution in [0.1, 0.15) is 33.1 Å². The average Bonchev–Trinajstić information content (AvgIpc) is 2.25. The molecule has 1 atom stereocenters. The van der Waals surface area contributed by atoms with Gasteiger partial charge in [-0.05, 0) is 32.4 Å². The lowest BCUT2D eigenvalue weighted by atomic mass is 10.0. The number of aliphatic imine (C=N–C) groups is 1. The molecule has 0 radical (unpaired) electrons. The number of rotatable bonds is 4. The highest BCUT2D eigenvalue weighted by Crippen LogP contribution is 2.13. The van der Waals surface area contributed by atoms with Crippen molar-refractivity contribution < 1.29 is 0 Å². The summed E-state index contributed by atoms with van der Waals surface area (Å²) in [6.07, 6.45) is 3.92. The Labute approximate surface area is 99.3 Å². The summed E-state index contributed by atoms with van der Waals surface area (Å²) >= 11 is 0. The zero-order valence-corrected chi connectivity index (χ0v) is 10.9. The number of guanidine groups is 1. The molecule has 1 aliphatic heterocycles. The molecule has 1 fully saturated rings. The number of likely N-dealkylation sites (N-methyl/N-ethyl adjacent to an activating group) is 1. The molecule has 1 aliphatic rings. The molecule has 0 saturated carbocycles. The van der Waals surface area contributed by atoms with Gasteiger partial charge in [0.05, 0.1) is 0 Å². The van der Waals surface area contributed by atoms with E-state index in [-0.39, 0.29) is 0 Å². The first-order chi connectivity index (χ1) is 7.59. The first-order valence-corrected chi connectivity index (χ1v) is 6.33. The molecule has 0 aliphatic carbocycles. The Balaban J connectivity index is 2.24. The zero-order chi connectivity index (χ0) is 12.0. The maximum Gasteiger partial charge on any atom is 0.188 e. The predicted molar refractivity (Wildman–Crippen MR) is 69.6 cm³/mol. The fourth-order valence-electron chi connectivity index (χ4n) is 1.96. The van der Waals surface area contributed by atoms with Gasteiger partial charge >= 0.3 is 0 Å². The molecular weight excluding hydrogens is 200 g/mol. The van der Waals surface area contributed by atoms with Gasteiger partial charge in [-0.15, -0.1) is 0 Å². The van der Waals surface area contributed by atoms with Gasteiger partial charge in [-0.2, -0.15) is 0 Å². The van der Waals surface area contributed by atoms with E-state index in [0.717, 1.165) is 13.1 Å². The number of nitrogens with two attached hydrogens (primary N) is 1. The highest BCUT2D eigenvalue weighted by atomic mass is 15.2. The van der Waals surface area contributed by atoms with E-state index in [0.29, 0.717) is 17.9 Å². The SMILES string of the molecule is CC(C)CN=C(N)NCC1CCCCN1C. The number of nitrogens with one attached hydrogen (secondary N) is 1. The Morgan fingerprint density at radius 2 is 2.25 bits per heavy atom. The molecule has 4 nitrogen and oxygen atoms in total. The third kappa shape index (κ3) is 4.84. The monoisotopic (exact) mass is 226 g/mol. The number of hydrogen-bond donors (Lipinski definition) is 2. The second-order valence-corrected chi connectivity index (χ2v) is 5.13. The van der Waals surface area contributed by atoms with Gasteiger partial charge in [-0.3, -0.25) is 4.99 Å². The lowest BCUT2D eigenvalue weighted by Gasteiger charge is -2.32. The fourth-order valence-corrected chi connectivity index (χ4v) is 1.96. The van der Waals surface area contributed by atoms with Crippen LogP contribution < -0.4 is 11.1 Å². The number of hydrogen-bond acceptors (Lipinski definition) is 2. The maximum atomic E-state index is 5.80. The van der Waals surface area contributed by atoms with E-state index in [9.17, 15) is 0 Å². The van der Waals surface area contributed by atoms with Crippen molar-refractivity contribution in [2.75, 3.05) is 26.7 Å². The molecule has 4 heteroatoms. The van der Waals surface area contributed by atoms with Crippen LogP contribution in [0.3, 0.4) is 0 Å². The van der Waals surface area contributed by atoms with E-state index in [2.05, 4.69) is 36.1 Å². The zero-order valence-electron chi connectivity index (χ0n) is 10.9. The van der Waals surface area contributed by atoms with Crippen LogP contribution in [-0.4, -0.2) is 43.6 Å². The first-order valence-electron chi connectivity index (χ1n) is 6.33. The quantitative estimate of drug-likeness (QED) is 0.556. The summed E-state index contributed by atoms with van der Waals surface area (Å²) in [7, 11) is 2.19. The van der Waals surface area contributed by atoms with Crippen LogP contribution in [0, 0.1) is 5.92 Å². The lowest BCUT2D eigenvalue weighted by molar-refractivity contribution is 0.186. The standard InChI is InChI=1S/C12H26N4/c1-10(2)8-14-12(13)15-9-11-6-4-5-7-16(11)3/h10-11H,4-9H2,1-3H3,(H3,13,14,15). The average molecular weight is 226 g/mol. The second kappa shape index (κ2) is 6.74. The van der Waals surface area contributed by atoms with Crippen molar-refractivity contribution in [2.45, 2.75) is 39.2 Å². The number of piperidine rings is 1. The second-order valence-electron chi connectivity index (χ2n) is 5.13. The largest absolute Gasteiger partial charge is 0.370 e. The van der Waals surface area contributed by atoms with E-state index in [1.165, 1.54) is 25.8 Å². The Morgan fingerprint density at radius 3 is 2.88 bits per heavy atom. The van der Waals surface area contributed by atoms with Gasteiger partial charge in [-0.25, -0.2) is 0 Å². The minimum Gasteiger partial charge on any atom is -0.370 e. The molecule has 0 aromatic carbocycles. The van der Waals surface area contributed by atoms with Crippen LogP contribution in [0.15, 0.2) is 4.99 Å². The Kier molecular flexibility index (Phi) is 5.60. The van der Waals surface area contributed by atoms with Crippen molar-refractivity contribution in [1.29, 1.82) is 0 Å². The van der Waals surface area contributed by atoms with Gasteiger partial charge in [-0.1, -0.05) is 20.3 Å². The number of likely N-dealkylation sites (tertiary alicyclic amines) is 1. The highest BCUT2D eigenvalue weighted by Gasteiger charge is 2.18. The van der Waals surface area contributed by atoms with Crippen LogP contribution in [0.4, 0.5) is 0 Å². The summed E-state index contributed by atoms with van der Waals surface area (Å²) in [6, 6.07) is 0.613. The van der Waals surface area contributed by atoms with E-state index in [1.54, 1.807) is 0 Å². The van der Waals surface area contributed by atoms with Crippen molar-refractivity contribution in [3.05, 3.63) is 0 Å². The predicted octanol–water partition coefficient (Wildman–Crippen LogP) is 1.03. The van der Waals surface area contributed by atoms with Crippen LogP contribution >= 0.6 is 0 Å². The van der Waals surface area contributed by atoms with Gasteiger partial charge in [0.25, 0.3) is 0 Å². The summed E-state index contributed by atoms with van der Waals surface area (Å²) in [5.41, 5.74) is 5.80. The topological polar surface area (TPSA) is 53.6 Å². The van der Waals surface area contributed by atoms with Crippen molar-refractivity contribution in [1.82, 2.24) is 10.2 Å². The Morgan fingerprint density at radius 1 is 1.50 bits per heavy atom. The Hall–Kier alpha value is -0.770. The highest BCUT2D eigenvalue weighted by molar-refractivity contribution is 5.77. The summed E-state index contributed by atoms with van der Waals surface area (Å²) in [6.45, 7) is 7.22. The van der Waals surface area contributed by atoms with E-state index < -0.39 is 0 Å². The molecule has 1 heterocycles. The third-order valence-corrected chi connectivity index (χ3v) is 3.07. The van der Waals surface area contributed by atoms with Gasteiger partial charge in [0.2, 0.25) is 0 Å².